The van der Waals surface area contributed by atoms with Crippen molar-refractivity contribution in [2.75, 3.05) is 0 Å². The Morgan fingerprint density at radius 1 is 1.12 bits per heavy atom. The Hall–Kier alpha value is -2.61. The molecule has 1 aromatic carbocycles. The topological polar surface area (TPSA) is 117 Å². The van der Waals surface area contributed by atoms with Gasteiger partial charge in [-0.15, -0.1) is 0 Å². The molecule has 142 valence electrons. The van der Waals surface area contributed by atoms with Crippen LogP contribution in [0.5, 0.6) is 0 Å². The summed E-state index contributed by atoms with van der Waals surface area (Å²) in [6.45, 7) is 1.93. The predicted octanol–water partition coefficient (Wildman–Crippen LogP) is 1.57. The predicted molar refractivity (Wildman–Crippen MR) is 93.9 cm³/mol. The average molecular weight is 363 g/mol. The minimum Gasteiger partial charge on any atom is -0.465 e. The quantitative estimate of drug-likeness (QED) is 0.572. The van der Waals surface area contributed by atoms with Gasteiger partial charge in [0.05, 0.1) is 6.61 Å². The lowest BCUT2D eigenvalue weighted by Gasteiger charge is -2.27. The molecular weight excluding hydrogens is 338 g/mol. The van der Waals surface area contributed by atoms with Crippen LogP contribution >= 0.6 is 0 Å². The van der Waals surface area contributed by atoms with Gasteiger partial charge in [0, 0.05) is 12.0 Å². The second-order valence-electron chi connectivity index (χ2n) is 6.42. The molecule has 8 heteroatoms. The fraction of sp³-hybridized carbons (Fsp3) is 0.500. The number of carbonyl (C=O) groups is 3. The SMILES string of the molecule is C[C@@H](OCc1ccccc1)C(=O)NNC(=O)[C@H]1CC[C@H](NC(=O)O)CC1. The monoisotopic (exact) mass is 363 g/mol. The highest BCUT2D eigenvalue weighted by molar-refractivity contribution is 5.85. The number of hydrazine groups is 1. The van der Waals surface area contributed by atoms with Gasteiger partial charge in [-0.3, -0.25) is 20.4 Å². The first-order chi connectivity index (χ1) is 12.5. The number of rotatable bonds is 6. The van der Waals surface area contributed by atoms with Gasteiger partial charge in [-0.1, -0.05) is 30.3 Å². The molecule has 0 aliphatic heterocycles. The van der Waals surface area contributed by atoms with E-state index in [0.29, 0.717) is 32.3 Å². The minimum absolute atomic E-state index is 0.113. The van der Waals surface area contributed by atoms with Gasteiger partial charge in [0.15, 0.2) is 0 Å². The summed E-state index contributed by atoms with van der Waals surface area (Å²) < 4.78 is 5.49. The first kappa shape index (κ1) is 19.7. The van der Waals surface area contributed by atoms with Crippen LogP contribution < -0.4 is 16.2 Å². The molecule has 0 radical (unpaired) electrons. The van der Waals surface area contributed by atoms with E-state index in [9.17, 15) is 14.4 Å². The molecule has 2 rings (SSSR count). The number of carbonyl (C=O) groups excluding carboxylic acids is 2. The zero-order valence-corrected chi connectivity index (χ0v) is 14.7. The largest absolute Gasteiger partial charge is 0.465 e. The van der Waals surface area contributed by atoms with Crippen LogP contribution in [0, 0.1) is 5.92 Å². The highest BCUT2D eigenvalue weighted by atomic mass is 16.5. The molecular formula is C18H25N3O5. The van der Waals surface area contributed by atoms with Gasteiger partial charge in [-0.25, -0.2) is 4.79 Å². The third-order valence-electron chi connectivity index (χ3n) is 4.45. The van der Waals surface area contributed by atoms with E-state index in [1.54, 1.807) is 6.92 Å². The number of nitrogens with one attached hydrogen (secondary N) is 3. The van der Waals surface area contributed by atoms with E-state index in [1.165, 1.54) is 0 Å². The molecule has 0 unspecified atom stereocenters. The average Bonchev–Trinajstić information content (AvgIpc) is 2.64. The van der Waals surface area contributed by atoms with Crippen molar-refractivity contribution in [3.8, 4) is 0 Å². The molecule has 0 aromatic heterocycles. The van der Waals surface area contributed by atoms with Crippen LogP contribution in [-0.2, 0) is 20.9 Å². The summed E-state index contributed by atoms with van der Waals surface area (Å²) in [6.07, 6.45) is 0.615. The van der Waals surface area contributed by atoms with E-state index in [-0.39, 0.29) is 17.9 Å². The number of amides is 3. The van der Waals surface area contributed by atoms with Crippen molar-refractivity contribution in [1.82, 2.24) is 16.2 Å². The minimum atomic E-state index is -1.05. The molecule has 4 N–H and O–H groups in total. The number of ether oxygens (including phenoxy) is 1. The maximum absolute atomic E-state index is 12.1. The van der Waals surface area contributed by atoms with E-state index in [4.69, 9.17) is 9.84 Å². The molecule has 0 saturated heterocycles. The van der Waals surface area contributed by atoms with E-state index < -0.39 is 18.1 Å². The highest BCUT2D eigenvalue weighted by Crippen LogP contribution is 2.24. The lowest BCUT2D eigenvalue weighted by molar-refractivity contribution is -0.138. The summed E-state index contributed by atoms with van der Waals surface area (Å²) >= 11 is 0. The zero-order valence-electron chi connectivity index (χ0n) is 14.7. The van der Waals surface area contributed by atoms with Crippen molar-refractivity contribution < 1.29 is 24.2 Å². The van der Waals surface area contributed by atoms with E-state index in [2.05, 4.69) is 16.2 Å². The van der Waals surface area contributed by atoms with Crippen molar-refractivity contribution in [2.24, 2.45) is 5.92 Å². The third kappa shape index (κ3) is 6.36. The fourth-order valence-electron chi connectivity index (χ4n) is 2.87. The van der Waals surface area contributed by atoms with Crippen LogP contribution in [0.3, 0.4) is 0 Å². The number of hydrogen-bond donors (Lipinski definition) is 4. The Bertz CT molecular complexity index is 615. The van der Waals surface area contributed by atoms with E-state index >= 15 is 0 Å². The molecule has 1 atom stereocenters. The number of hydrogen-bond acceptors (Lipinski definition) is 4. The smallest absolute Gasteiger partial charge is 0.404 e. The molecule has 1 saturated carbocycles. The van der Waals surface area contributed by atoms with Gasteiger partial charge in [0.25, 0.3) is 5.91 Å². The van der Waals surface area contributed by atoms with Crippen LogP contribution in [0.25, 0.3) is 0 Å². The van der Waals surface area contributed by atoms with E-state index in [1.807, 2.05) is 30.3 Å². The summed E-state index contributed by atoms with van der Waals surface area (Å²) in [7, 11) is 0. The molecule has 3 amide bonds. The maximum Gasteiger partial charge on any atom is 0.404 e. The van der Waals surface area contributed by atoms with Crippen LogP contribution in [0.4, 0.5) is 4.79 Å². The Kier molecular flexibility index (Phi) is 7.40. The van der Waals surface area contributed by atoms with Crippen molar-refractivity contribution in [3.63, 3.8) is 0 Å². The zero-order chi connectivity index (χ0) is 18.9. The van der Waals surface area contributed by atoms with Gasteiger partial charge < -0.3 is 15.2 Å². The molecule has 26 heavy (non-hydrogen) atoms. The normalized spacial score (nSPS) is 20.7. The van der Waals surface area contributed by atoms with Gasteiger partial charge in [0.1, 0.15) is 6.10 Å². The maximum atomic E-state index is 12.1. The van der Waals surface area contributed by atoms with Crippen LogP contribution in [-0.4, -0.2) is 35.2 Å². The molecule has 0 bridgehead atoms. The summed E-state index contributed by atoms with van der Waals surface area (Å²) in [4.78, 5) is 34.7. The lowest BCUT2D eigenvalue weighted by atomic mass is 9.85. The molecule has 0 spiro atoms. The van der Waals surface area contributed by atoms with Crippen LogP contribution in [0.1, 0.15) is 38.2 Å². The molecule has 1 aromatic rings. The molecule has 8 nitrogen and oxygen atoms in total. The van der Waals surface area contributed by atoms with Crippen LogP contribution in [0.15, 0.2) is 30.3 Å². The molecule has 1 aliphatic rings. The second kappa shape index (κ2) is 9.76. The second-order valence-corrected chi connectivity index (χ2v) is 6.42. The standard InChI is InChI=1S/C18H25N3O5/c1-12(26-11-13-5-3-2-4-6-13)16(22)20-21-17(23)14-7-9-15(10-8-14)19-18(24)25/h2-6,12,14-15,19H,7-11H2,1H3,(H,20,22)(H,21,23)(H,24,25)/t12-,14-,15-/m1/s1. The molecule has 1 fully saturated rings. The third-order valence-corrected chi connectivity index (χ3v) is 4.45. The summed E-state index contributed by atoms with van der Waals surface area (Å²) in [5.74, 6) is -0.916. The number of carboxylic acid groups (broad SMARTS) is 1. The van der Waals surface area contributed by atoms with Crippen molar-refractivity contribution in [2.45, 2.75) is 51.4 Å². The van der Waals surface area contributed by atoms with E-state index in [0.717, 1.165) is 5.56 Å². The first-order valence-electron chi connectivity index (χ1n) is 8.70. The van der Waals surface area contributed by atoms with Crippen molar-refractivity contribution in [1.29, 1.82) is 0 Å². The first-order valence-corrected chi connectivity index (χ1v) is 8.70. The van der Waals surface area contributed by atoms with Crippen LogP contribution in [0.2, 0.25) is 0 Å². The Morgan fingerprint density at radius 3 is 2.38 bits per heavy atom. The van der Waals surface area contributed by atoms with Gasteiger partial charge in [-0.05, 0) is 38.2 Å². The fourth-order valence-corrected chi connectivity index (χ4v) is 2.87. The van der Waals surface area contributed by atoms with Crippen molar-refractivity contribution >= 4 is 17.9 Å². The Labute approximate surface area is 152 Å². The van der Waals surface area contributed by atoms with Gasteiger partial charge in [-0.2, -0.15) is 0 Å². The molecule has 1 aliphatic carbocycles. The summed E-state index contributed by atoms with van der Waals surface area (Å²) in [5, 5.41) is 11.1. The number of benzene rings is 1. The Balaban J connectivity index is 1.66. The molecule has 0 heterocycles. The summed E-state index contributed by atoms with van der Waals surface area (Å²) in [6, 6.07) is 9.39. The van der Waals surface area contributed by atoms with Gasteiger partial charge in [0.2, 0.25) is 5.91 Å². The lowest BCUT2D eigenvalue weighted by Crippen LogP contribution is -2.49. The Morgan fingerprint density at radius 2 is 1.77 bits per heavy atom. The summed E-state index contributed by atoms with van der Waals surface area (Å²) in [5.41, 5.74) is 5.78. The van der Waals surface area contributed by atoms with Crippen molar-refractivity contribution in [3.05, 3.63) is 35.9 Å². The highest BCUT2D eigenvalue weighted by Gasteiger charge is 2.27. The van der Waals surface area contributed by atoms with Gasteiger partial charge >= 0.3 is 6.09 Å².